The second-order valence-electron chi connectivity index (χ2n) is 10.9. The van der Waals surface area contributed by atoms with Crippen molar-refractivity contribution in [2.24, 2.45) is 11.3 Å². The third-order valence-corrected chi connectivity index (χ3v) is 8.58. The van der Waals surface area contributed by atoms with Gasteiger partial charge in [-0.25, -0.2) is 4.98 Å². The van der Waals surface area contributed by atoms with Crippen LogP contribution in [0.1, 0.15) is 49.7 Å². The fourth-order valence-electron chi connectivity index (χ4n) is 5.82. The number of amides is 1. The minimum atomic E-state index is -0.0741. The van der Waals surface area contributed by atoms with Gasteiger partial charge in [-0.05, 0) is 61.4 Å². The van der Waals surface area contributed by atoms with Gasteiger partial charge in [0.05, 0.1) is 5.56 Å². The standard InChI is InChI=1S/C28H34ClN5O/c1-28(11-12-28)27(35)33-13-9-24(10-14-33)34-18-22(25(19-34)21-4-6-23(29)7-5-21)17-32(2)26-8-3-20(15-30)16-31-26/h3-8,16,22,24-25H,9-14,17-19H2,1-2H3/t22-,25-/m1/s1. The number of anilines is 1. The summed E-state index contributed by atoms with van der Waals surface area (Å²) in [4.78, 5) is 24.3. The number of piperidine rings is 1. The monoisotopic (exact) mass is 491 g/mol. The zero-order valence-electron chi connectivity index (χ0n) is 20.7. The summed E-state index contributed by atoms with van der Waals surface area (Å²) in [6.07, 6.45) is 5.83. The number of benzene rings is 1. The number of halogens is 1. The van der Waals surface area contributed by atoms with Crippen molar-refractivity contribution in [3.05, 3.63) is 58.7 Å². The number of rotatable bonds is 6. The molecule has 0 N–H and O–H groups in total. The van der Waals surface area contributed by atoms with E-state index in [1.165, 1.54) is 5.56 Å². The molecule has 0 spiro atoms. The fraction of sp³-hybridized carbons (Fsp3) is 0.536. The van der Waals surface area contributed by atoms with Gasteiger partial charge in [-0.3, -0.25) is 9.69 Å². The van der Waals surface area contributed by atoms with Crippen LogP contribution in [0.3, 0.4) is 0 Å². The fourth-order valence-corrected chi connectivity index (χ4v) is 5.94. The molecule has 5 rings (SSSR count). The highest BCUT2D eigenvalue weighted by Gasteiger charge is 2.48. The molecule has 0 bridgehead atoms. The molecule has 0 radical (unpaired) electrons. The Hall–Kier alpha value is -2.62. The van der Waals surface area contributed by atoms with Gasteiger partial charge in [-0.15, -0.1) is 0 Å². The number of carbonyl (C=O) groups is 1. The molecule has 1 saturated carbocycles. The summed E-state index contributed by atoms with van der Waals surface area (Å²) < 4.78 is 0. The van der Waals surface area contributed by atoms with Crippen LogP contribution in [0.25, 0.3) is 0 Å². The summed E-state index contributed by atoms with van der Waals surface area (Å²) in [5.74, 6) is 2.12. The summed E-state index contributed by atoms with van der Waals surface area (Å²) >= 11 is 6.19. The smallest absolute Gasteiger partial charge is 0.228 e. The molecule has 35 heavy (non-hydrogen) atoms. The first-order chi connectivity index (χ1) is 16.9. The average Bonchev–Trinajstić information content (AvgIpc) is 3.51. The first-order valence-electron chi connectivity index (χ1n) is 12.7. The summed E-state index contributed by atoms with van der Waals surface area (Å²) in [6.45, 7) is 6.81. The molecule has 1 aromatic heterocycles. The lowest BCUT2D eigenvalue weighted by Gasteiger charge is -2.38. The van der Waals surface area contributed by atoms with Crippen molar-refractivity contribution in [1.29, 1.82) is 5.26 Å². The van der Waals surface area contributed by atoms with Gasteiger partial charge in [0.15, 0.2) is 0 Å². The van der Waals surface area contributed by atoms with E-state index >= 15 is 0 Å². The summed E-state index contributed by atoms with van der Waals surface area (Å²) in [7, 11) is 2.08. The van der Waals surface area contributed by atoms with E-state index in [1.807, 2.05) is 24.3 Å². The summed E-state index contributed by atoms with van der Waals surface area (Å²) in [6, 6.07) is 14.7. The van der Waals surface area contributed by atoms with Crippen molar-refractivity contribution in [3.63, 3.8) is 0 Å². The van der Waals surface area contributed by atoms with Crippen LogP contribution in [-0.4, -0.2) is 66.5 Å². The Morgan fingerprint density at radius 3 is 2.49 bits per heavy atom. The number of nitriles is 1. The molecule has 3 fully saturated rings. The van der Waals surface area contributed by atoms with Crippen molar-refractivity contribution < 1.29 is 4.79 Å². The molecule has 1 amide bonds. The third kappa shape index (κ3) is 5.17. The van der Waals surface area contributed by atoms with Gasteiger partial charge in [-0.1, -0.05) is 30.7 Å². The van der Waals surface area contributed by atoms with Crippen molar-refractivity contribution in [2.75, 3.05) is 44.7 Å². The predicted octanol–water partition coefficient (Wildman–Crippen LogP) is 4.55. The lowest BCUT2D eigenvalue weighted by Crippen LogP contribution is -2.48. The van der Waals surface area contributed by atoms with E-state index in [2.05, 4.69) is 51.9 Å². The Morgan fingerprint density at radius 1 is 1.17 bits per heavy atom. The van der Waals surface area contributed by atoms with E-state index in [-0.39, 0.29) is 5.41 Å². The van der Waals surface area contributed by atoms with Gasteiger partial charge in [0.2, 0.25) is 5.91 Å². The van der Waals surface area contributed by atoms with Crippen molar-refractivity contribution >= 4 is 23.3 Å². The van der Waals surface area contributed by atoms with Gasteiger partial charge in [0, 0.05) is 68.4 Å². The first-order valence-corrected chi connectivity index (χ1v) is 13.1. The van der Waals surface area contributed by atoms with Crippen molar-refractivity contribution in [2.45, 2.75) is 44.6 Å². The maximum Gasteiger partial charge on any atom is 0.228 e. The van der Waals surface area contributed by atoms with Crippen molar-refractivity contribution in [1.82, 2.24) is 14.8 Å². The van der Waals surface area contributed by atoms with Gasteiger partial charge >= 0.3 is 0 Å². The largest absolute Gasteiger partial charge is 0.359 e. The lowest BCUT2D eigenvalue weighted by molar-refractivity contribution is -0.137. The molecule has 0 unspecified atom stereocenters. The van der Waals surface area contributed by atoms with Crippen LogP contribution in [-0.2, 0) is 4.79 Å². The van der Waals surface area contributed by atoms with Gasteiger partial charge in [-0.2, -0.15) is 5.26 Å². The molecule has 6 nitrogen and oxygen atoms in total. The Labute approximate surface area is 213 Å². The van der Waals surface area contributed by atoms with Crippen LogP contribution >= 0.6 is 11.6 Å². The zero-order chi connectivity index (χ0) is 24.6. The van der Waals surface area contributed by atoms with E-state index in [1.54, 1.807) is 6.20 Å². The van der Waals surface area contributed by atoms with E-state index in [4.69, 9.17) is 16.9 Å². The van der Waals surface area contributed by atoms with E-state index < -0.39 is 0 Å². The molecule has 3 heterocycles. The molecule has 1 aromatic carbocycles. The second-order valence-corrected chi connectivity index (χ2v) is 11.3. The maximum absolute atomic E-state index is 12.8. The number of nitrogens with zero attached hydrogens (tertiary/aromatic N) is 5. The predicted molar refractivity (Wildman–Crippen MR) is 138 cm³/mol. The van der Waals surface area contributed by atoms with Gasteiger partial charge in [0.1, 0.15) is 11.9 Å². The van der Waals surface area contributed by atoms with Crippen LogP contribution in [0.15, 0.2) is 42.6 Å². The van der Waals surface area contributed by atoms with E-state index in [9.17, 15) is 4.79 Å². The SMILES string of the molecule is CN(C[C@@H]1CN(C2CCN(C(=O)C3(C)CC3)CC2)C[C@@H]1c1ccc(Cl)cc1)c1ccc(C#N)cn1. The molecule has 2 saturated heterocycles. The number of hydrogen-bond donors (Lipinski definition) is 0. The molecule has 2 aromatic rings. The maximum atomic E-state index is 12.8. The summed E-state index contributed by atoms with van der Waals surface area (Å²) in [5, 5.41) is 9.84. The van der Waals surface area contributed by atoms with Crippen LogP contribution in [0.2, 0.25) is 5.02 Å². The number of pyridine rings is 1. The molecule has 3 aliphatic rings. The number of likely N-dealkylation sites (tertiary alicyclic amines) is 2. The minimum Gasteiger partial charge on any atom is -0.359 e. The Morgan fingerprint density at radius 2 is 1.89 bits per heavy atom. The number of carbonyl (C=O) groups excluding carboxylic acids is 1. The highest BCUT2D eigenvalue weighted by molar-refractivity contribution is 6.30. The van der Waals surface area contributed by atoms with E-state index in [0.29, 0.717) is 29.3 Å². The topological polar surface area (TPSA) is 63.5 Å². The molecule has 2 aliphatic heterocycles. The van der Waals surface area contributed by atoms with Gasteiger partial charge in [0.25, 0.3) is 0 Å². The zero-order valence-corrected chi connectivity index (χ0v) is 21.4. The molecule has 2 atom stereocenters. The highest BCUT2D eigenvalue weighted by Crippen LogP contribution is 2.47. The lowest BCUT2D eigenvalue weighted by atomic mass is 9.88. The third-order valence-electron chi connectivity index (χ3n) is 8.33. The molecule has 7 heteroatoms. The molecular formula is C28H34ClN5O. The molecule has 184 valence electrons. The highest BCUT2D eigenvalue weighted by atomic mass is 35.5. The van der Waals surface area contributed by atoms with Crippen LogP contribution in [0.4, 0.5) is 5.82 Å². The van der Waals surface area contributed by atoms with Crippen LogP contribution < -0.4 is 4.90 Å². The normalized spacial score (nSPS) is 24.2. The van der Waals surface area contributed by atoms with Gasteiger partial charge < -0.3 is 9.80 Å². The Kier molecular flexibility index (Phi) is 6.74. The van der Waals surface area contributed by atoms with Crippen molar-refractivity contribution in [3.8, 4) is 6.07 Å². The quantitative estimate of drug-likeness (QED) is 0.593. The summed E-state index contributed by atoms with van der Waals surface area (Å²) in [5.41, 5.74) is 1.83. The first kappa shape index (κ1) is 24.1. The molecule has 1 aliphatic carbocycles. The van der Waals surface area contributed by atoms with Crippen LogP contribution in [0, 0.1) is 22.7 Å². The average molecular weight is 492 g/mol. The molecular weight excluding hydrogens is 458 g/mol. The second kappa shape index (κ2) is 9.79. The number of hydrogen-bond acceptors (Lipinski definition) is 5. The Balaban J connectivity index is 1.27. The minimum absolute atomic E-state index is 0.0741. The Bertz CT molecular complexity index is 1080. The van der Waals surface area contributed by atoms with Crippen LogP contribution in [0.5, 0.6) is 0 Å². The number of aromatic nitrogens is 1. The van der Waals surface area contributed by atoms with E-state index in [0.717, 1.165) is 69.2 Å².